The molecule has 82 valence electrons. The van der Waals surface area contributed by atoms with Crippen LogP contribution in [0, 0.1) is 6.92 Å². The maximum atomic E-state index is 12.3. The SMILES string of the molecule is COC(=O)c1ncc([B-](F)(F)F)cc1C.[K+]. The molecular formula is C8H8BF3KNO2. The van der Waals surface area contributed by atoms with Crippen LogP contribution >= 0.6 is 0 Å². The normalized spacial score (nSPS) is 10.6. The van der Waals surface area contributed by atoms with Gasteiger partial charge in [0, 0.05) is 6.20 Å². The molecule has 1 rings (SSSR count). The summed E-state index contributed by atoms with van der Waals surface area (Å²) in [5.74, 6) is -0.742. The van der Waals surface area contributed by atoms with Gasteiger partial charge in [-0.2, -0.15) is 0 Å². The predicted molar refractivity (Wildman–Crippen MR) is 49.0 cm³/mol. The summed E-state index contributed by atoms with van der Waals surface area (Å²) < 4.78 is 41.2. The number of ether oxygens (including phenoxy) is 1. The van der Waals surface area contributed by atoms with E-state index in [0.29, 0.717) is 6.20 Å². The third kappa shape index (κ3) is 3.85. The number of rotatable bonds is 2. The van der Waals surface area contributed by atoms with Crippen molar-refractivity contribution in [3.05, 3.63) is 23.5 Å². The fraction of sp³-hybridized carbons (Fsp3) is 0.250. The maximum absolute atomic E-state index is 12.3. The van der Waals surface area contributed by atoms with E-state index in [1.54, 1.807) is 0 Å². The zero-order valence-electron chi connectivity index (χ0n) is 9.13. The van der Waals surface area contributed by atoms with Gasteiger partial charge in [0.25, 0.3) is 0 Å². The summed E-state index contributed by atoms with van der Waals surface area (Å²) in [6.07, 6.45) is 0.638. The molecule has 1 heterocycles. The van der Waals surface area contributed by atoms with Gasteiger partial charge in [-0.3, -0.25) is 4.98 Å². The first kappa shape index (κ1) is 16.1. The number of nitrogens with zero attached hydrogens (tertiary/aromatic N) is 1. The van der Waals surface area contributed by atoms with Crippen molar-refractivity contribution >= 4 is 18.4 Å². The van der Waals surface area contributed by atoms with Crippen molar-refractivity contribution in [2.45, 2.75) is 6.92 Å². The number of carbonyl (C=O) groups excluding carboxylic acids is 1. The molecule has 1 aromatic heterocycles. The molecule has 0 N–H and O–H groups in total. The van der Waals surface area contributed by atoms with Gasteiger partial charge in [0.15, 0.2) is 5.69 Å². The molecule has 0 unspecified atom stereocenters. The average molecular weight is 257 g/mol. The molecule has 0 spiro atoms. The summed E-state index contributed by atoms with van der Waals surface area (Å²) in [4.78, 5) is 14.5. The van der Waals surface area contributed by atoms with Crippen molar-refractivity contribution in [2.24, 2.45) is 0 Å². The van der Waals surface area contributed by atoms with Crippen LogP contribution < -0.4 is 56.8 Å². The van der Waals surface area contributed by atoms with Crippen LogP contribution in [0.1, 0.15) is 16.1 Å². The molecule has 0 aliphatic rings. The summed E-state index contributed by atoms with van der Waals surface area (Å²) in [5, 5.41) is 0. The monoisotopic (exact) mass is 257 g/mol. The Morgan fingerprint density at radius 2 is 2.00 bits per heavy atom. The first-order valence-electron chi connectivity index (χ1n) is 4.11. The summed E-state index contributed by atoms with van der Waals surface area (Å²) in [6.45, 7) is -3.70. The summed E-state index contributed by atoms with van der Waals surface area (Å²) in [5.41, 5.74) is -0.764. The Labute approximate surface area is 133 Å². The summed E-state index contributed by atoms with van der Waals surface area (Å²) in [7, 11) is 1.14. The molecule has 0 aliphatic carbocycles. The molecule has 0 aromatic carbocycles. The molecule has 0 saturated heterocycles. The second kappa shape index (κ2) is 6.15. The Bertz CT molecular complexity index is 397. The van der Waals surface area contributed by atoms with E-state index >= 15 is 0 Å². The van der Waals surface area contributed by atoms with E-state index in [0.717, 1.165) is 13.2 Å². The Hall–Kier alpha value is 0.111. The predicted octanol–water partition coefficient (Wildman–Crippen LogP) is -1.76. The number of pyridine rings is 1. The van der Waals surface area contributed by atoms with Gasteiger partial charge in [-0.1, -0.05) is 11.5 Å². The standard InChI is InChI=1S/C8H8BF3NO2.K/c1-5-3-6(9(10,11)12)4-13-7(5)8(14)15-2;/h3-4H,1-2H3;/q-1;+1. The van der Waals surface area contributed by atoms with Gasteiger partial charge >= 0.3 is 64.3 Å². The van der Waals surface area contributed by atoms with E-state index in [-0.39, 0.29) is 62.6 Å². The first-order valence-corrected chi connectivity index (χ1v) is 4.11. The second-order valence-electron chi connectivity index (χ2n) is 3.00. The van der Waals surface area contributed by atoms with Gasteiger partial charge in [0.1, 0.15) is 0 Å². The Morgan fingerprint density at radius 3 is 2.38 bits per heavy atom. The molecule has 0 radical (unpaired) electrons. The van der Waals surface area contributed by atoms with Gasteiger partial charge in [-0.25, -0.2) is 4.79 Å². The van der Waals surface area contributed by atoms with Gasteiger partial charge in [0.05, 0.1) is 7.11 Å². The molecule has 0 fully saturated rings. The summed E-state index contributed by atoms with van der Waals surface area (Å²) >= 11 is 0. The van der Waals surface area contributed by atoms with Crippen molar-refractivity contribution in [1.29, 1.82) is 0 Å². The van der Waals surface area contributed by atoms with Crippen LogP contribution in [0.25, 0.3) is 0 Å². The third-order valence-corrected chi connectivity index (χ3v) is 1.86. The van der Waals surface area contributed by atoms with Crippen LogP contribution in [0.15, 0.2) is 12.3 Å². The number of esters is 1. The van der Waals surface area contributed by atoms with Gasteiger partial charge in [-0.15, -0.1) is 0 Å². The maximum Gasteiger partial charge on any atom is 1.00 e. The number of aryl methyl sites for hydroxylation is 1. The zero-order chi connectivity index (χ0) is 11.6. The molecule has 3 nitrogen and oxygen atoms in total. The molecule has 1 aromatic rings. The first-order chi connectivity index (χ1) is 6.86. The van der Waals surface area contributed by atoms with E-state index in [1.165, 1.54) is 6.92 Å². The molecule has 0 saturated carbocycles. The Balaban J connectivity index is 0.00000225. The second-order valence-corrected chi connectivity index (χ2v) is 3.00. The molecule has 0 atom stereocenters. The van der Waals surface area contributed by atoms with Crippen LogP contribution in [0.3, 0.4) is 0 Å². The zero-order valence-corrected chi connectivity index (χ0v) is 12.3. The van der Waals surface area contributed by atoms with Crippen LogP contribution in [-0.4, -0.2) is 25.0 Å². The van der Waals surface area contributed by atoms with E-state index in [4.69, 9.17) is 0 Å². The van der Waals surface area contributed by atoms with Gasteiger partial charge in [-0.05, 0) is 12.5 Å². The fourth-order valence-electron chi connectivity index (χ4n) is 1.09. The van der Waals surface area contributed by atoms with E-state index < -0.39 is 18.4 Å². The molecule has 0 amide bonds. The van der Waals surface area contributed by atoms with E-state index in [1.807, 2.05) is 0 Å². The van der Waals surface area contributed by atoms with E-state index in [2.05, 4.69) is 9.72 Å². The van der Waals surface area contributed by atoms with Crippen LogP contribution in [0.5, 0.6) is 0 Å². The summed E-state index contributed by atoms with van der Waals surface area (Å²) in [6, 6.07) is 0.888. The Morgan fingerprint density at radius 1 is 1.44 bits per heavy atom. The van der Waals surface area contributed by atoms with Crippen LogP contribution in [0.4, 0.5) is 12.9 Å². The van der Waals surface area contributed by atoms with E-state index in [9.17, 15) is 17.7 Å². The van der Waals surface area contributed by atoms with Gasteiger partial charge < -0.3 is 17.7 Å². The number of hydrogen-bond donors (Lipinski definition) is 0. The molecule has 0 aliphatic heterocycles. The minimum absolute atomic E-state index is 0. The van der Waals surface area contributed by atoms with Crippen molar-refractivity contribution in [2.75, 3.05) is 7.11 Å². The number of aromatic nitrogens is 1. The van der Waals surface area contributed by atoms with Gasteiger partial charge in [0.2, 0.25) is 0 Å². The Kier molecular flexibility index (Phi) is 6.20. The fourth-order valence-corrected chi connectivity index (χ4v) is 1.09. The van der Waals surface area contributed by atoms with Crippen molar-refractivity contribution in [3.8, 4) is 0 Å². The number of carbonyl (C=O) groups is 1. The molecule has 8 heteroatoms. The quantitative estimate of drug-likeness (QED) is 0.465. The minimum atomic E-state index is -5.08. The van der Waals surface area contributed by atoms with Crippen LogP contribution in [-0.2, 0) is 4.74 Å². The van der Waals surface area contributed by atoms with Crippen molar-refractivity contribution < 1.29 is 73.9 Å². The molecule has 0 bridgehead atoms. The van der Waals surface area contributed by atoms with Crippen molar-refractivity contribution in [3.63, 3.8) is 0 Å². The minimum Gasteiger partial charge on any atom is -0.464 e. The average Bonchev–Trinajstić information content (AvgIpc) is 2.15. The third-order valence-electron chi connectivity index (χ3n) is 1.86. The molecule has 16 heavy (non-hydrogen) atoms. The number of hydrogen-bond acceptors (Lipinski definition) is 3. The van der Waals surface area contributed by atoms with Crippen LogP contribution in [0.2, 0.25) is 0 Å². The number of methoxy groups -OCH3 is 1. The smallest absolute Gasteiger partial charge is 0.464 e. The topological polar surface area (TPSA) is 39.2 Å². The largest absolute Gasteiger partial charge is 1.00 e. The molecular weight excluding hydrogens is 249 g/mol. The number of halogens is 3. The van der Waals surface area contributed by atoms with Crippen molar-refractivity contribution in [1.82, 2.24) is 4.98 Å².